The lowest BCUT2D eigenvalue weighted by molar-refractivity contribution is 0.472. The second-order valence-corrected chi connectivity index (χ2v) is 3.35. The van der Waals surface area contributed by atoms with Crippen molar-refractivity contribution in [2.24, 2.45) is 0 Å². The van der Waals surface area contributed by atoms with Gasteiger partial charge in [-0.05, 0) is 36.7 Å². The summed E-state index contributed by atoms with van der Waals surface area (Å²) in [5, 5.41) is 12.4. The Kier molecular flexibility index (Phi) is 4.12. The summed E-state index contributed by atoms with van der Waals surface area (Å²) in [7, 11) is 0. The monoisotopic (exact) mass is 229 g/mol. The highest BCUT2D eigenvalue weighted by Gasteiger charge is 2.10. The molecular weight excluding hydrogens is 217 g/mol. The number of aromatic hydroxyl groups is 1. The van der Waals surface area contributed by atoms with Crippen molar-refractivity contribution in [1.82, 2.24) is 5.32 Å². The number of hydrogen-bond donors (Lipinski definition) is 2. The van der Waals surface area contributed by atoms with E-state index in [0.29, 0.717) is 5.56 Å². The molecule has 0 saturated carbocycles. The van der Waals surface area contributed by atoms with Crippen molar-refractivity contribution in [1.29, 1.82) is 0 Å². The second kappa shape index (κ2) is 5.14. The number of hydrogen-bond acceptors (Lipinski definition) is 2. The molecule has 1 aliphatic heterocycles. The molecule has 0 fully saturated rings. The fraction of sp³-hybridized carbons (Fsp3) is 0.273. The molecule has 0 aliphatic carbocycles. The average molecular weight is 230 g/mol. The molecule has 0 unspecified atom stereocenters. The van der Waals surface area contributed by atoms with E-state index in [2.05, 4.69) is 5.32 Å². The van der Waals surface area contributed by atoms with E-state index in [9.17, 15) is 9.50 Å². The van der Waals surface area contributed by atoms with E-state index in [-0.39, 0.29) is 24.0 Å². The highest BCUT2D eigenvalue weighted by atomic mass is 35.5. The third-order valence-electron chi connectivity index (χ3n) is 2.36. The van der Waals surface area contributed by atoms with Crippen molar-refractivity contribution in [3.8, 4) is 5.75 Å². The lowest BCUT2D eigenvalue weighted by atomic mass is 9.99. The third kappa shape index (κ3) is 2.70. The Balaban J connectivity index is 0.00000112. The molecule has 1 aromatic carbocycles. The van der Waals surface area contributed by atoms with Crippen LogP contribution in [0.4, 0.5) is 4.39 Å². The number of phenols is 1. The molecule has 15 heavy (non-hydrogen) atoms. The smallest absolute Gasteiger partial charge is 0.130 e. The second-order valence-electron chi connectivity index (χ2n) is 3.35. The van der Waals surface area contributed by atoms with E-state index in [1.54, 1.807) is 0 Å². The molecule has 2 nitrogen and oxygen atoms in total. The number of nitrogens with one attached hydrogen (secondary N) is 1. The summed E-state index contributed by atoms with van der Waals surface area (Å²) in [5.41, 5.74) is 1.49. The molecule has 0 aromatic heterocycles. The van der Waals surface area contributed by atoms with Crippen LogP contribution in [-0.2, 0) is 0 Å². The van der Waals surface area contributed by atoms with Crippen LogP contribution < -0.4 is 5.32 Å². The largest absolute Gasteiger partial charge is 0.508 e. The van der Waals surface area contributed by atoms with Crippen molar-refractivity contribution in [2.45, 2.75) is 6.42 Å². The topological polar surface area (TPSA) is 32.3 Å². The minimum atomic E-state index is -0.268. The van der Waals surface area contributed by atoms with Crippen LogP contribution >= 0.6 is 12.4 Å². The zero-order valence-corrected chi connectivity index (χ0v) is 8.98. The molecule has 0 radical (unpaired) electrons. The Bertz CT molecular complexity index is 379. The summed E-state index contributed by atoms with van der Waals surface area (Å²) in [6.07, 6.45) is 2.77. The van der Waals surface area contributed by atoms with Crippen LogP contribution in [0.5, 0.6) is 5.75 Å². The van der Waals surface area contributed by atoms with Crippen molar-refractivity contribution in [3.05, 3.63) is 35.7 Å². The molecular formula is C11H13ClFNO. The minimum Gasteiger partial charge on any atom is -0.508 e. The molecule has 0 saturated heterocycles. The van der Waals surface area contributed by atoms with Gasteiger partial charge in [-0.25, -0.2) is 4.39 Å². The Hall–Kier alpha value is -1.06. The van der Waals surface area contributed by atoms with Gasteiger partial charge in [-0.15, -0.1) is 12.4 Å². The summed E-state index contributed by atoms with van der Waals surface area (Å²) in [6.45, 7) is 1.63. The van der Waals surface area contributed by atoms with Crippen molar-refractivity contribution < 1.29 is 9.50 Å². The fourth-order valence-electron chi connectivity index (χ4n) is 1.63. The van der Waals surface area contributed by atoms with Gasteiger partial charge in [0.25, 0.3) is 0 Å². The highest BCUT2D eigenvalue weighted by Crippen LogP contribution is 2.25. The molecule has 1 heterocycles. The molecule has 1 aliphatic rings. The molecule has 82 valence electrons. The average Bonchev–Trinajstić information content (AvgIpc) is 2.23. The lowest BCUT2D eigenvalue weighted by Gasteiger charge is -2.14. The van der Waals surface area contributed by atoms with Crippen LogP contribution in [0.1, 0.15) is 12.0 Å². The van der Waals surface area contributed by atoms with Gasteiger partial charge in [-0.3, -0.25) is 0 Å². The summed E-state index contributed by atoms with van der Waals surface area (Å²) >= 11 is 0. The normalized spacial score (nSPS) is 15.4. The SMILES string of the molecule is Cl.Oc1ccc(F)c(C2=CCNCC2)c1. The standard InChI is InChI=1S/C11H12FNO.ClH/c12-11-2-1-9(14)7-10(11)8-3-5-13-6-4-8;/h1-3,7,13-14H,4-6H2;1H. The number of phenolic OH excluding ortho intramolecular Hbond substituents is 1. The Morgan fingerprint density at radius 1 is 1.33 bits per heavy atom. The maximum Gasteiger partial charge on any atom is 0.130 e. The summed E-state index contributed by atoms with van der Waals surface area (Å²) in [4.78, 5) is 0. The predicted molar refractivity (Wildman–Crippen MR) is 60.8 cm³/mol. The van der Waals surface area contributed by atoms with E-state index in [4.69, 9.17) is 0 Å². The molecule has 4 heteroatoms. The van der Waals surface area contributed by atoms with Gasteiger partial charge in [0.15, 0.2) is 0 Å². The molecule has 2 N–H and O–H groups in total. The maximum atomic E-state index is 13.4. The lowest BCUT2D eigenvalue weighted by Crippen LogP contribution is -2.20. The number of halogens is 2. The van der Waals surface area contributed by atoms with Gasteiger partial charge in [0, 0.05) is 12.1 Å². The van der Waals surface area contributed by atoms with E-state index in [1.165, 1.54) is 18.2 Å². The maximum absolute atomic E-state index is 13.4. The fourth-order valence-corrected chi connectivity index (χ4v) is 1.63. The van der Waals surface area contributed by atoms with Gasteiger partial charge in [0.1, 0.15) is 11.6 Å². The van der Waals surface area contributed by atoms with Crippen molar-refractivity contribution in [3.63, 3.8) is 0 Å². The van der Waals surface area contributed by atoms with Crippen LogP contribution in [0.25, 0.3) is 5.57 Å². The highest BCUT2D eigenvalue weighted by molar-refractivity contribution is 5.85. The molecule has 0 spiro atoms. The van der Waals surface area contributed by atoms with E-state index >= 15 is 0 Å². The Morgan fingerprint density at radius 3 is 2.80 bits per heavy atom. The van der Waals surface area contributed by atoms with Crippen molar-refractivity contribution in [2.75, 3.05) is 13.1 Å². The van der Waals surface area contributed by atoms with Crippen LogP contribution in [0.3, 0.4) is 0 Å². The molecule has 0 atom stereocenters. The first kappa shape index (κ1) is 12.0. The van der Waals surface area contributed by atoms with Crippen molar-refractivity contribution >= 4 is 18.0 Å². The summed E-state index contributed by atoms with van der Waals surface area (Å²) < 4.78 is 13.4. The molecule has 0 amide bonds. The summed E-state index contributed by atoms with van der Waals surface area (Å²) in [5.74, 6) is -0.156. The number of rotatable bonds is 1. The first-order valence-electron chi connectivity index (χ1n) is 4.66. The first-order chi connectivity index (χ1) is 6.77. The first-order valence-corrected chi connectivity index (χ1v) is 4.66. The van der Waals surface area contributed by atoms with E-state index in [0.717, 1.165) is 25.1 Å². The quantitative estimate of drug-likeness (QED) is 0.775. The molecule has 1 aromatic rings. The van der Waals surface area contributed by atoms with Gasteiger partial charge in [0.05, 0.1) is 0 Å². The van der Waals surface area contributed by atoms with Crippen LogP contribution in [0, 0.1) is 5.82 Å². The number of benzene rings is 1. The zero-order valence-electron chi connectivity index (χ0n) is 8.16. The van der Waals surface area contributed by atoms with Gasteiger partial charge in [-0.1, -0.05) is 6.08 Å². The van der Waals surface area contributed by atoms with Gasteiger partial charge in [-0.2, -0.15) is 0 Å². The van der Waals surface area contributed by atoms with Crippen LogP contribution in [-0.4, -0.2) is 18.2 Å². The van der Waals surface area contributed by atoms with Gasteiger partial charge >= 0.3 is 0 Å². The Labute approximate surface area is 94.2 Å². The van der Waals surface area contributed by atoms with E-state index in [1.807, 2.05) is 6.08 Å². The van der Waals surface area contributed by atoms with Crippen LogP contribution in [0.2, 0.25) is 0 Å². The van der Waals surface area contributed by atoms with Gasteiger partial charge < -0.3 is 10.4 Å². The molecule has 0 bridgehead atoms. The van der Waals surface area contributed by atoms with E-state index < -0.39 is 0 Å². The molecule has 2 rings (SSSR count). The zero-order chi connectivity index (χ0) is 9.97. The Morgan fingerprint density at radius 2 is 2.13 bits per heavy atom. The van der Waals surface area contributed by atoms with Crippen LogP contribution in [0.15, 0.2) is 24.3 Å². The minimum absolute atomic E-state index is 0. The van der Waals surface area contributed by atoms with Gasteiger partial charge in [0.2, 0.25) is 0 Å². The summed E-state index contributed by atoms with van der Waals surface area (Å²) in [6, 6.07) is 4.14. The third-order valence-corrected chi connectivity index (χ3v) is 2.36. The predicted octanol–water partition coefficient (Wildman–Crippen LogP) is 2.33.